The number of fused-ring (bicyclic) bond motifs is 1. The zero-order valence-electron chi connectivity index (χ0n) is 10.7. The van der Waals surface area contributed by atoms with Gasteiger partial charge in [-0.15, -0.1) is 0 Å². The Morgan fingerprint density at radius 3 is 2.05 bits per heavy atom. The normalized spacial score (nSPS) is 15.0. The second-order valence-corrected chi connectivity index (χ2v) is 5.46. The van der Waals surface area contributed by atoms with Gasteiger partial charge in [0.25, 0.3) is 11.8 Å². The van der Waals surface area contributed by atoms with E-state index in [9.17, 15) is 19.2 Å². The standard InChI is InChI=1S/C13H11NO6S/c15-10(16)6-5-9(13(19)20)21-14-11(17)7-3-1-2-4-8(7)12(14)18/h1-4,9H,5-6H2,(H,15,16)(H,19,20). The summed E-state index contributed by atoms with van der Waals surface area (Å²) < 4.78 is 0.783. The molecular weight excluding hydrogens is 298 g/mol. The molecule has 0 aliphatic carbocycles. The minimum atomic E-state index is -1.27. The van der Waals surface area contributed by atoms with Gasteiger partial charge in [0.15, 0.2) is 0 Å². The first kappa shape index (κ1) is 15.0. The third kappa shape index (κ3) is 3.05. The molecule has 0 saturated carbocycles. The Bertz CT molecular complexity index is 594. The maximum absolute atomic E-state index is 12.1. The van der Waals surface area contributed by atoms with Crippen molar-refractivity contribution >= 4 is 35.7 Å². The topological polar surface area (TPSA) is 112 Å². The third-order valence-corrected chi connectivity index (χ3v) is 4.12. The van der Waals surface area contributed by atoms with Gasteiger partial charge >= 0.3 is 11.9 Å². The fraction of sp³-hybridized carbons (Fsp3) is 0.231. The van der Waals surface area contributed by atoms with E-state index < -0.39 is 29.0 Å². The van der Waals surface area contributed by atoms with Crippen molar-refractivity contribution < 1.29 is 29.4 Å². The maximum atomic E-state index is 12.1. The van der Waals surface area contributed by atoms with Crippen LogP contribution in [-0.4, -0.2) is 43.5 Å². The molecule has 7 nitrogen and oxygen atoms in total. The minimum Gasteiger partial charge on any atom is -0.481 e. The van der Waals surface area contributed by atoms with Crippen LogP contribution in [-0.2, 0) is 9.59 Å². The Morgan fingerprint density at radius 1 is 1.10 bits per heavy atom. The van der Waals surface area contributed by atoms with Crippen molar-refractivity contribution in [2.24, 2.45) is 0 Å². The van der Waals surface area contributed by atoms with E-state index in [2.05, 4.69) is 0 Å². The number of carboxylic acid groups (broad SMARTS) is 2. The van der Waals surface area contributed by atoms with Crippen LogP contribution in [0.5, 0.6) is 0 Å². The Morgan fingerprint density at radius 2 is 1.62 bits per heavy atom. The van der Waals surface area contributed by atoms with Gasteiger partial charge in [-0.2, -0.15) is 0 Å². The number of imide groups is 1. The number of carbonyl (C=O) groups is 4. The van der Waals surface area contributed by atoms with Crippen molar-refractivity contribution in [3.63, 3.8) is 0 Å². The molecule has 2 N–H and O–H groups in total. The lowest BCUT2D eigenvalue weighted by atomic mass is 10.1. The first-order chi connectivity index (χ1) is 9.91. The van der Waals surface area contributed by atoms with Crippen molar-refractivity contribution in [2.45, 2.75) is 18.1 Å². The Balaban J connectivity index is 2.16. The fourth-order valence-corrected chi connectivity index (χ4v) is 2.82. The molecule has 110 valence electrons. The number of aliphatic carboxylic acids is 2. The van der Waals surface area contributed by atoms with E-state index in [1.807, 2.05) is 0 Å². The molecule has 1 aromatic carbocycles. The molecular formula is C13H11NO6S. The molecule has 1 unspecified atom stereocenters. The van der Waals surface area contributed by atoms with E-state index in [4.69, 9.17) is 10.2 Å². The first-order valence-corrected chi connectivity index (χ1v) is 6.84. The van der Waals surface area contributed by atoms with Crippen molar-refractivity contribution in [1.29, 1.82) is 0 Å². The van der Waals surface area contributed by atoms with Crippen LogP contribution in [0.1, 0.15) is 33.6 Å². The van der Waals surface area contributed by atoms with E-state index in [0.29, 0.717) is 11.9 Å². The number of benzene rings is 1. The lowest BCUT2D eigenvalue weighted by Crippen LogP contribution is -2.29. The molecule has 0 radical (unpaired) electrons. The molecule has 21 heavy (non-hydrogen) atoms. The van der Waals surface area contributed by atoms with E-state index in [1.165, 1.54) is 12.1 Å². The van der Waals surface area contributed by atoms with Crippen LogP contribution in [0.4, 0.5) is 0 Å². The summed E-state index contributed by atoms with van der Waals surface area (Å²) in [5.41, 5.74) is 0.440. The lowest BCUT2D eigenvalue weighted by Gasteiger charge is -2.17. The van der Waals surface area contributed by atoms with Crippen LogP contribution >= 0.6 is 11.9 Å². The van der Waals surface area contributed by atoms with Crippen molar-refractivity contribution in [3.8, 4) is 0 Å². The van der Waals surface area contributed by atoms with Gasteiger partial charge in [-0.25, -0.2) is 4.31 Å². The van der Waals surface area contributed by atoms with E-state index in [-0.39, 0.29) is 24.0 Å². The Kier molecular flexibility index (Phi) is 4.27. The van der Waals surface area contributed by atoms with Crippen LogP contribution < -0.4 is 0 Å². The predicted octanol–water partition coefficient (Wildman–Crippen LogP) is 1.25. The summed E-state index contributed by atoms with van der Waals surface area (Å²) in [5.74, 6) is -3.56. The van der Waals surface area contributed by atoms with Gasteiger partial charge in [-0.1, -0.05) is 12.1 Å². The van der Waals surface area contributed by atoms with Gasteiger partial charge in [-0.3, -0.25) is 19.2 Å². The molecule has 1 aromatic rings. The molecule has 0 aromatic heterocycles. The molecule has 1 heterocycles. The van der Waals surface area contributed by atoms with Crippen LogP contribution in [0.2, 0.25) is 0 Å². The number of amides is 2. The minimum absolute atomic E-state index is 0.178. The second kappa shape index (κ2) is 5.96. The number of carbonyl (C=O) groups excluding carboxylic acids is 2. The number of nitrogens with zero attached hydrogens (tertiary/aromatic N) is 1. The number of hydrogen-bond donors (Lipinski definition) is 2. The highest BCUT2D eigenvalue weighted by molar-refractivity contribution is 7.99. The van der Waals surface area contributed by atoms with Gasteiger partial charge in [0.05, 0.1) is 11.1 Å². The summed E-state index contributed by atoms with van der Waals surface area (Å²) in [7, 11) is 0. The highest BCUT2D eigenvalue weighted by Crippen LogP contribution is 2.32. The van der Waals surface area contributed by atoms with E-state index in [0.717, 1.165) is 4.31 Å². The monoisotopic (exact) mass is 309 g/mol. The summed E-state index contributed by atoms with van der Waals surface area (Å²) >= 11 is 0.547. The van der Waals surface area contributed by atoms with Crippen LogP contribution in [0.25, 0.3) is 0 Å². The van der Waals surface area contributed by atoms with Gasteiger partial charge in [-0.05, 0) is 30.5 Å². The molecule has 1 aliphatic heterocycles. The van der Waals surface area contributed by atoms with Crippen LogP contribution in [0, 0.1) is 0 Å². The predicted molar refractivity (Wildman–Crippen MR) is 72.8 cm³/mol. The number of hydrogen-bond acceptors (Lipinski definition) is 5. The highest BCUT2D eigenvalue weighted by Gasteiger charge is 2.38. The van der Waals surface area contributed by atoms with Crippen molar-refractivity contribution in [3.05, 3.63) is 35.4 Å². The highest BCUT2D eigenvalue weighted by atomic mass is 32.2. The van der Waals surface area contributed by atoms with Gasteiger partial charge in [0.1, 0.15) is 5.25 Å². The molecule has 0 fully saturated rings. The molecule has 2 amide bonds. The SMILES string of the molecule is O=C(O)CCC(SN1C(=O)c2ccccc2C1=O)C(=O)O. The summed E-state index contributed by atoms with van der Waals surface area (Å²) in [6, 6.07) is 6.20. The van der Waals surface area contributed by atoms with Gasteiger partial charge in [0.2, 0.25) is 0 Å². The summed E-state index contributed by atoms with van der Waals surface area (Å²) in [6.07, 6.45) is -0.532. The molecule has 1 atom stereocenters. The second-order valence-electron chi connectivity index (χ2n) is 4.31. The molecule has 0 saturated heterocycles. The quantitative estimate of drug-likeness (QED) is 0.600. The maximum Gasteiger partial charge on any atom is 0.318 e. The van der Waals surface area contributed by atoms with Crippen molar-refractivity contribution in [1.82, 2.24) is 4.31 Å². The molecule has 8 heteroatoms. The summed E-state index contributed by atoms with van der Waals surface area (Å²) in [5, 5.41) is 16.5. The molecule has 0 spiro atoms. The zero-order valence-corrected chi connectivity index (χ0v) is 11.5. The number of rotatable bonds is 6. The fourth-order valence-electron chi connectivity index (χ4n) is 1.87. The van der Waals surface area contributed by atoms with Gasteiger partial charge in [0, 0.05) is 6.42 Å². The average Bonchev–Trinajstić information content (AvgIpc) is 2.68. The largest absolute Gasteiger partial charge is 0.481 e. The summed E-state index contributed by atoms with van der Waals surface area (Å²) in [6.45, 7) is 0. The smallest absolute Gasteiger partial charge is 0.318 e. The van der Waals surface area contributed by atoms with Crippen molar-refractivity contribution in [2.75, 3.05) is 0 Å². The van der Waals surface area contributed by atoms with Crippen LogP contribution in [0.15, 0.2) is 24.3 Å². The Labute approximate surface area is 123 Å². The zero-order chi connectivity index (χ0) is 15.6. The van der Waals surface area contributed by atoms with E-state index in [1.54, 1.807) is 12.1 Å². The lowest BCUT2D eigenvalue weighted by molar-refractivity contribution is -0.138. The molecule has 2 rings (SSSR count). The van der Waals surface area contributed by atoms with Crippen LogP contribution in [0.3, 0.4) is 0 Å². The molecule has 0 bridgehead atoms. The Hall–Kier alpha value is -2.35. The number of carboxylic acids is 2. The molecule has 1 aliphatic rings. The average molecular weight is 309 g/mol. The first-order valence-electron chi connectivity index (χ1n) is 6.01. The van der Waals surface area contributed by atoms with E-state index >= 15 is 0 Å². The van der Waals surface area contributed by atoms with Gasteiger partial charge < -0.3 is 10.2 Å². The third-order valence-electron chi connectivity index (χ3n) is 2.89. The summed E-state index contributed by atoms with van der Waals surface area (Å²) in [4.78, 5) is 45.8.